The fraction of sp³-hybridized carbons (Fsp3) is 0.304. The van der Waals surface area contributed by atoms with Crippen molar-refractivity contribution in [3.63, 3.8) is 0 Å². The number of nitrogens with zero attached hydrogens (tertiary/aromatic N) is 3. The normalized spacial score (nSPS) is 14.2. The molecule has 0 bridgehead atoms. The number of benzene rings is 2. The Hall–Kier alpha value is -3.53. The molecule has 3 aromatic rings. The second kappa shape index (κ2) is 9.14. The van der Waals surface area contributed by atoms with Crippen LogP contribution in [0.2, 0.25) is 0 Å². The molecule has 0 unspecified atom stereocenters. The predicted octanol–water partition coefficient (Wildman–Crippen LogP) is 3.89. The molecule has 2 N–H and O–H groups in total. The lowest BCUT2D eigenvalue weighted by Crippen LogP contribution is -2.19. The zero-order chi connectivity index (χ0) is 22.8. The largest absolute Gasteiger partial charge is 0.454 e. The molecule has 0 spiro atoms. The highest BCUT2D eigenvalue weighted by atomic mass is 32.2. The van der Waals surface area contributed by atoms with E-state index < -0.39 is 0 Å². The molecule has 1 aliphatic carbocycles. The van der Waals surface area contributed by atoms with Gasteiger partial charge in [0.2, 0.25) is 12.7 Å². The average Bonchev–Trinajstić information content (AvgIpc) is 3.41. The van der Waals surface area contributed by atoms with Gasteiger partial charge >= 0.3 is 0 Å². The number of hydrogen-bond donors (Lipinski definition) is 2. The highest BCUT2D eigenvalue weighted by Gasteiger charge is 2.30. The average molecular weight is 466 g/mol. The lowest BCUT2D eigenvalue weighted by atomic mass is 10.1. The number of hydrogen-bond acceptors (Lipinski definition) is 7. The van der Waals surface area contributed by atoms with Crippen LogP contribution in [0.5, 0.6) is 11.5 Å². The van der Waals surface area contributed by atoms with Crippen molar-refractivity contribution < 1.29 is 19.1 Å². The number of para-hydroxylation sites is 1. The molecule has 0 radical (unpaired) electrons. The second-order valence-electron chi connectivity index (χ2n) is 7.76. The Bertz CT molecular complexity index is 1210. The molecule has 2 aliphatic rings. The van der Waals surface area contributed by atoms with Crippen molar-refractivity contribution in [3.8, 4) is 11.5 Å². The maximum atomic E-state index is 12.9. The van der Waals surface area contributed by atoms with Gasteiger partial charge in [0.1, 0.15) is 5.82 Å². The fourth-order valence-corrected chi connectivity index (χ4v) is 4.44. The summed E-state index contributed by atoms with van der Waals surface area (Å²) in [7, 11) is 0. The highest BCUT2D eigenvalue weighted by Crippen LogP contribution is 2.40. The second-order valence-corrected chi connectivity index (χ2v) is 8.71. The van der Waals surface area contributed by atoms with Gasteiger partial charge in [-0.05, 0) is 44.0 Å². The maximum absolute atomic E-state index is 12.9. The van der Waals surface area contributed by atoms with E-state index in [-0.39, 0.29) is 24.4 Å². The first-order chi connectivity index (χ1) is 16.1. The van der Waals surface area contributed by atoms with Gasteiger partial charge in [-0.3, -0.25) is 9.59 Å². The zero-order valence-corrected chi connectivity index (χ0v) is 18.9. The third kappa shape index (κ3) is 4.65. The molecule has 1 fully saturated rings. The van der Waals surface area contributed by atoms with Gasteiger partial charge in [-0.2, -0.15) is 0 Å². The standard InChI is InChI=1S/C23H23N5O4S/c1-2-28-21(14-7-8-14)26-27-23(28)33-12-20(29)25-17-6-4-3-5-16(17)22(30)24-15-9-10-18-19(11-15)32-13-31-18/h3-6,9-11,14H,2,7-8,12-13H2,1H3,(H,24,30)(H,25,29). The highest BCUT2D eigenvalue weighted by molar-refractivity contribution is 7.99. The van der Waals surface area contributed by atoms with E-state index in [0.29, 0.717) is 34.4 Å². The van der Waals surface area contributed by atoms with Gasteiger partial charge in [0.15, 0.2) is 16.7 Å². The molecular weight excluding hydrogens is 442 g/mol. The fourth-order valence-electron chi connectivity index (χ4n) is 3.63. The molecular formula is C23H23N5O4S. The minimum atomic E-state index is -0.336. The Morgan fingerprint density at radius 2 is 1.91 bits per heavy atom. The van der Waals surface area contributed by atoms with Crippen molar-refractivity contribution >= 4 is 35.0 Å². The van der Waals surface area contributed by atoms with Gasteiger partial charge in [-0.15, -0.1) is 10.2 Å². The monoisotopic (exact) mass is 465 g/mol. The molecule has 170 valence electrons. The molecule has 2 amide bonds. The van der Waals surface area contributed by atoms with E-state index in [4.69, 9.17) is 9.47 Å². The SMILES string of the molecule is CCn1c(SCC(=O)Nc2ccccc2C(=O)Nc2ccc3c(c2)OCO3)nnc1C1CC1. The predicted molar refractivity (Wildman–Crippen MR) is 124 cm³/mol. The van der Waals surface area contributed by atoms with Gasteiger partial charge in [0.05, 0.1) is 17.0 Å². The van der Waals surface area contributed by atoms with Gasteiger partial charge in [-0.25, -0.2) is 0 Å². The van der Waals surface area contributed by atoms with E-state index in [0.717, 1.165) is 30.4 Å². The van der Waals surface area contributed by atoms with Crippen LogP contribution >= 0.6 is 11.8 Å². The summed E-state index contributed by atoms with van der Waals surface area (Å²) in [6.07, 6.45) is 2.29. The van der Waals surface area contributed by atoms with Crippen molar-refractivity contribution in [1.82, 2.24) is 14.8 Å². The minimum Gasteiger partial charge on any atom is -0.454 e. The van der Waals surface area contributed by atoms with Crippen LogP contribution in [0.4, 0.5) is 11.4 Å². The molecule has 1 aliphatic heterocycles. The first-order valence-electron chi connectivity index (χ1n) is 10.8. The van der Waals surface area contributed by atoms with Crippen molar-refractivity contribution in [2.45, 2.75) is 37.4 Å². The summed E-state index contributed by atoms with van der Waals surface area (Å²) >= 11 is 1.34. The molecule has 1 aromatic heterocycles. The number of nitrogens with one attached hydrogen (secondary N) is 2. The van der Waals surface area contributed by atoms with Crippen LogP contribution in [0.1, 0.15) is 41.9 Å². The van der Waals surface area contributed by atoms with E-state index in [9.17, 15) is 9.59 Å². The first kappa shape index (κ1) is 21.3. The first-order valence-corrected chi connectivity index (χ1v) is 11.8. The summed E-state index contributed by atoms with van der Waals surface area (Å²) in [5.74, 6) is 2.33. The van der Waals surface area contributed by atoms with E-state index in [1.807, 2.05) is 6.92 Å². The molecule has 0 saturated heterocycles. The molecule has 0 atom stereocenters. The Morgan fingerprint density at radius 1 is 1.09 bits per heavy atom. The molecule has 33 heavy (non-hydrogen) atoms. The van der Waals surface area contributed by atoms with Crippen LogP contribution in [0.25, 0.3) is 0 Å². The van der Waals surface area contributed by atoms with E-state index >= 15 is 0 Å². The van der Waals surface area contributed by atoms with Crippen LogP contribution in [0.15, 0.2) is 47.6 Å². The smallest absolute Gasteiger partial charge is 0.257 e. The van der Waals surface area contributed by atoms with Crippen molar-refractivity contribution in [1.29, 1.82) is 0 Å². The number of anilines is 2. The lowest BCUT2D eigenvalue weighted by molar-refractivity contribution is -0.113. The maximum Gasteiger partial charge on any atom is 0.257 e. The molecule has 5 rings (SSSR count). The summed E-state index contributed by atoms with van der Waals surface area (Å²) in [5.41, 5.74) is 1.38. The lowest BCUT2D eigenvalue weighted by Gasteiger charge is -2.12. The minimum absolute atomic E-state index is 0.163. The molecule has 2 heterocycles. The Kier molecular flexibility index (Phi) is 5.91. The molecule has 1 saturated carbocycles. The van der Waals surface area contributed by atoms with Crippen LogP contribution in [0, 0.1) is 0 Å². The number of aromatic nitrogens is 3. The van der Waals surface area contributed by atoms with Gasteiger partial charge in [0, 0.05) is 24.2 Å². The van der Waals surface area contributed by atoms with E-state index in [2.05, 4.69) is 25.4 Å². The van der Waals surface area contributed by atoms with Gasteiger partial charge in [0.25, 0.3) is 5.91 Å². The zero-order valence-electron chi connectivity index (χ0n) is 18.0. The van der Waals surface area contributed by atoms with Crippen molar-refractivity contribution in [2.24, 2.45) is 0 Å². The Balaban J connectivity index is 1.23. The number of carbonyl (C=O) groups is 2. The van der Waals surface area contributed by atoms with Crippen LogP contribution < -0.4 is 20.1 Å². The van der Waals surface area contributed by atoms with E-state index in [1.165, 1.54) is 11.8 Å². The Morgan fingerprint density at radius 3 is 2.73 bits per heavy atom. The quantitative estimate of drug-likeness (QED) is 0.486. The number of carbonyl (C=O) groups excluding carboxylic acids is 2. The van der Waals surface area contributed by atoms with Crippen molar-refractivity contribution in [2.75, 3.05) is 23.2 Å². The number of thioether (sulfide) groups is 1. The number of ether oxygens (including phenoxy) is 2. The van der Waals surface area contributed by atoms with Crippen LogP contribution in [-0.2, 0) is 11.3 Å². The summed E-state index contributed by atoms with van der Waals surface area (Å²) < 4.78 is 12.7. The number of amides is 2. The molecule has 2 aromatic carbocycles. The third-order valence-electron chi connectivity index (χ3n) is 5.41. The van der Waals surface area contributed by atoms with Crippen LogP contribution in [0.3, 0.4) is 0 Å². The Labute approximate surface area is 194 Å². The van der Waals surface area contributed by atoms with Gasteiger partial charge in [-0.1, -0.05) is 23.9 Å². The topological polar surface area (TPSA) is 107 Å². The summed E-state index contributed by atoms with van der Waals surface area (Å²) in [4.78, 5) is 25.5. The van der Waals surface area contributed by atoms with Crippen LogP contribution in [-0.4, -0.2) is 39.1 Å². The summed E-state index contributed by atoms with van der Waals surface area (Å²) in [6.45, 7) is 2.98. The van der Waals surface area contributed by atoms with Crippen molar-refractivity contribution in [3.05, 3.63) is 53.9 Å². The third-order valence-corrected chi connectivity index (χ3v) is 6.38. The summed E-state index contributed by atoms with van der Waals surface area (Å²) in [6, 6.07) is 12.1. The molecule has 10 heteroatoms. The molecule has 9 nitrogen and oxygen atoms in total. The number of fused-ring (bicyclic) bond motifs is 1. The van der Waals surface area contributed by atoms with E-state index in [1.54, 1.807) is 42.5 Å². The number of rotatable bonds is 8. The summed E-state index contributed by atoms with van der Waals surface area (Å²) in [5, 5.41) is 15.0. The van der Waals surface area contributed by atoms with Gasteiger partial charge < -0.3 is 24.7 Å².